The summed E-state index contributed by atoms with van der Waals surface area (Å²) in [4.78, 5) is 26.0. The lowest BCUT2D eigenvalue weighted by atomic mass is 9.78. The van der Waals surface area contributed by atoms with E-state index in [2.05, 4.69) is 0 Å². The van der Waals surface area contributed by atoms with Crippen molar-refractivity contribution in [1.29, 1.82) is 0 Å². The molecule has 1 saturated carbocycles. The number of carboxylic acids is 1. The van der Waals surface area contributed by atoms with E-state index >= 15 is 0 Å². The van der Waals surface area contributed by atoms with E-state index in [4.69, 9.17) is 0 Å². The predicted octanol–water partition coefficient (Wildman–Crippen LogP) is 1.52. The molecule has 0 aromatic heterocycles. The highest BCUT2D eigenvalue weighted by molar-refractivity contribution is 5.98. The average molecular weight is 286 g/mol. The number of rotatable bonds is 2. The van der Waals surface area contributed by atoms with Crippen LogP contribution >= 0.6 is 0 Å². The van der Waals surface area contributed by atoms with Gasteiger partial charge in [-0.3, -0.25) is 4.79 Å². The molecule has 0 saturated heterocycles. The molecule has 1 amide bonds. The summed E-state index contributed by atoms with van der Waals surface area (Å²) >= 11 is 0. The summed E-state index contributed by atoms with van der Waals surface area (Å²) in [5, 5.41) is 11.3. The molecule has 1 aliphatic carbocycles. The van der Waals surface area contributed by atoms with E-state index in [1.165, 1.54) is 5.56 Å². The quantitative estimate of drug-likeness (QED) is 0.828. The second-order valence-corrected chi connectivity index (χ2v) is 6.04. The van der Waals surface area contributed by atoms with Crippen LogP contribution in [-0.2, 0) is 16.0 Å². The molecule has 0 unspecified atom stereocenters. The van der Waals surface area contributed by atoms with Crippen LogP contribution in [0.2, 0.25) is 0 Å². The zero-order valence-electron chi connectivity index (χ0n) is 12.1. The summed E-state index contributed by atoms with van der Waals surface area (Å²) in [7, 11) is 0. The molecule has 4 nitrogen and oxygen atoms in total. The molecule has 4 heteroatoms. The number of para-hydroxylation sites is 1. The minimum atomic E-state index is -1.07. The Hall–Kier alpha value is -1.84. The number of hydrogen-bond donors (Lipinski definition) is 0. The number of carbonyl (C=O) groups excluding carboxylic acids is 2. The normalized spacial score (nSPS) is 25.2. The van der Waals surface area contributed by atoms with Gasteiger partial charge in [0.25, 0.3) is 0 Å². The number of aryl methyl sites for hydroxylation is 1. The van der Waals surface area contributed by atoms with Gasteiger partial charge in [0.1, 0.15) is 0 Å². The van der Waals surface area contributed by atoms with Crippen molar-refractivity contribution in [2.45, 2.75) is 38.5 Å². The predicted molar refractivity (Wildman–Crippen MR) is 77.6 cm³/mol. The molecule has 2 aliphatic rings. The maximum Gasteiger partial charge on any atom is 0.230 e. The number of amides is 1. The van der Waals surface area contributed by atoms with Gasteiger partial charge in [-0.1, -0.05) is 31.0 Å². The van der Waals surface area contributed by atoms with Crippen molar-refractivity contribution in [2.75, 3.05) is 11.4 Å². The molecule has 0 radical (unpaired) electrons. The Labute approximate surface area is 124 Å². The number of aliphatic carboxylic acids is 1. The van der Waals surface area contributed by atoms with Crippen molar-refractivity contribution in [3.63, 3.8) is 0 Å². The summed E-state index contributed by atoms with van der Waals surface area (Å²) in [6.45, 7) is 0.687. The largest absolute Gasteiger partial charge is 0.550 e. The van der Waals surface area contributed by atoms with Crippen LogP contribution in [0.25, 0.3) is 0 Å². The van der Waals surface area contributed by atoms with E-state index in [1.807, 2.05) is 24.3 Å². The second kappa shape index (κ2) is 5.88. The van der Waals surface area contributed by atoms with Crippen LogP contribution in [0.5, 0.6) is 0 Å². The van der Waals surface area contributed by atoms with Gasteiger partial charge in [0.2, 0.25) is 5.91 Å². The topological polar surface area (TPSA) is 60.4 Å². The molecule has 0 N–H and O–H groups in total. The summed E-state index contributed by atoms with van der Waals surface area (Å²) in [6.07, 6.45) is 4.94. The zero-order chi connectivity index (χ0) is 14.8. The molecule has 1 aromatic rings. The fourth-order valence-corrected chi connectivity index (χ4v) is 3.67. The molecular weight excluding hydrogens is 266 g/mol. The number of carboxylic acid groups (broad SMARTS) is 1. The van der Waals surface area contributed by atoms with Gasteiger partial charge in [-0.05, 0) is 37.3 Å². The van der Waals surface area contributed by atoms with Crippen molar-refractivity contribution >= 4 is 17.6 Å². The Morgan fingerprint density at radius 1 is 1.05 bits per heavy atom. The van der Waals surface area contributed by atoms with E-state index in [1.54, 1.807) is 4.90 Å². The number of nitrogens with zero attached hydrogens (tertiary/aromatic N) is 1. The van der Waals surface area contributed by atoms with Crippen molar-refractivity contribution in [1.82, 2.24) is 0 Å². The van der Waals surface area contributed by atoms with Crippen LogP contribution in [-0.4, -0.2) is 18.4 Å². The highest BCUT2D eigenvalue weighted by atomic mass is 16.4. The molecule has 1 aliphatic heterocycles. The average Bonchev–Trinajstić information content (AvgIpc) is 2.53. The lowest BCUT2D eigenvalue weighted by molar-refractivity contribution is -0.313. The van der Waals surface area contributed by atoms with Crippen molar-refractivity contribution in [2.24, 2.45) is 11.8 Å². The van der Waals surface area contributed by atoms with Gasteiger partial charge in [-0.15, -0.1) is 0 Å². The van der Waals surface area contributed by atoms with Gasteiger partial charge < -0.3 is 14.8 Å². The Bertz CT molecular complexity index is 555. The third-order valence-corrected chi connectivity index (χ3v) is 4.76. The fraction of sp³-hybridized carbons (Fsp3) is 0.529. The zero-order valence-corrected chi connectivity index (χ0v) is 12.1. The Kier molecular flexibility index (Phi) is 3.95. The van der Waals surface area contributed by atoms with E-state index in [0.717, 1.165) is 31.4 Å². The van der Waals surface area contributed by atoms with E-state index in [0.29, 0.717) is 19.4 Å². The van der Waals surface area contributed by atoms with E-state index in [9.17, 15) is 14.7 Å². The number of carbonyl (C=O) groups is 2. The first-order valence-corrected chi connectivity index (χ1v) is 7.78. The van der Waals surface area contributed by atoms with Gasteiger partial charge >= 0.3 is 0 Å². The number of hydrogen-bond acceptors (Lipinski definition) is 3. The Balaban J connectivity index is 1.86. The van der Waals surface area contributed by atoms with Crippen LogP contribution in [0.1, 0.15) is 37.7 Å². The lowest BCUT2D eigenvalue weighted by Crippen LogP contribution is -2.47. The smallest absolute Gasteiger partial charge is 0.230 e. The van der Waals surface area contributed by atoms with Gasteiger partial charge in [-0.25, -0.2) is 0 Å². The van der Waals surface area contributed by atoms with Gasteiger partial charge in [0.05, 0.1) is 0 Å². The first-order valence-electron chi connectivity index (χ1n) is 7.78. The standard InChI is InChI=1S/C17H21NO3/c19-16(13-8-2-3-9-14(13)17(20)21)18-11-5-7-12-6-1-4-10-15(12)18/h1,4,6,10,13-14H,2-3,5,7-9,11H2,(H,20,21)/p-1/t13-,14-/m1/s1. The molecule has 112 valence electrons. The lowest BCUT2D eigenvalue weighted by Gasteiger charge is -2.37. The Morgan fingerprint density at radius 2 is 1.76 bits per heavy atom. The molecule has 0 bridgehead atoms. The molecular formula is C17H20NO3-. The van der Waals surface area contributed by atoms with Gasteiger partial charge in [-0.2, -0.15) is 0 Å². The minimum Gasteiger partial charge on any atom is -0.550 e. The number of benzene rings is 1. The third-order valence-electron chi connectivity index (χ3n) is 4.76. The van der Waals surface area contributed by atoms with Crippen LogP contribution < -0.4 is 10.0 Å². The SMILES string of the molecule is O=C([O-])[C@@H]1CCCC[C@H]1C(=O)N1CCCc2ccccc21. The van der Waals surface area contributed by atoms with Crippen molar-refractivity contribution < 1.29 is 14.7 Å². The highest BCUT2D eigenvalue weighted by Gasteiger charge is 2.36. The molecule has 1 heterocycles. The third kappa shape index (κ3) is 2.67. The maximum absolute atomic E-state index is 12.9. The summed E-state index contributed by atoms with van der Waals surface area (Å²) in [5.74, 6) is -2.15. The number of anilines is 1. The minimum absolute atomic E-state index is 0.0314. The summed E-state index contributed by atoms with van der Waals surface area (Å²) < 4.78 is 0. The first kappa shape index (κ1) is 14.1. The first-order chi connectivity index (χ1) is 10.2. The summed E-state index contributed by atoms with van der Waals surface area (Å²) in [5.41, 5.74) is 2.13. The monoisotopic (exact) mass is 286 g/mol. The van der Waals surface area contributed by atoms with Crippen LogP contribution in [0, 0.1) is 11.8 Å². The highest BCUT2D eigenvalue weighted by Crippen LogP contribution is 2.35. The van der Waals surface area contributed by atoms with Crippen LogP contribution in [0.3, 0.4) is 0 Å². The van der Waals surface area contributed by atoms with Crippen molar-refractivity contribution in [3.05, 3.63) is 29.8 Å². The molecule has 2 atom stereocenters. The van der Waals surface area contributed by atoms with Gasteiger partial charge in [0.15, 0.2) is 0 Å². The fourth-order valence-electron chi connectivity index (χ4n) is 3.67. The number of fused-ring (bicyclic) bond motifs is 1. The molecule has 0 spiro atoms. The molecule has 1 aromatic carbocycles. The van der Waals surface area contributed by atoms with Crippen LogP contribution in [0.15, 0.2) is 24.3 Å². The van der Waals surface area contributed by atoms with Gasteiger partial charge in [0, 0.05) is 30.0 Å². The maximum atomic E-state index is 12.9. The van der Waals surface area contributed by atoms with Crippen molar-refractivity contribution in [3.8, 4) is 0 Å². The molecule has 3 rings (SSSR count). The van der Waals surface area contributed by atoms with Crippen LogP contribution in [0.4, 0.5) is 5.69 Å². The summed E-state index contributed by atoms with van der Waals surface area (Å²) in [6, 6.07) is 7.92. The van der Waals surface area contributed by atoms with E-state index < -0.39 is 17.8 Å². The molecule has 1 fully saturated rings. The Morgan fingerprint density at radius 3 is 2.52 bits per heavy atom. The second-order valence-electron chi connectivity index (χ2n) is 6.04. The molecule has 21 heavy (non-hydrogen) atoms. The van der Waals surface area contributed by atoms with E-state index in [-0.39, 0.29) is 5.91 Å².